The smallest absolute Gasteiger partial charge is 0.253 e. The van der Waals surface area contributed by atoms with Crippen LogP contribution in [0.2, 0.25) is 0 Å². The van der Waals surface area contributed by atoms with Gasteiger partial charge in [0.2, 0.25) is 5.91 Å². The Morgan fingerprint density at radius 1 is 1.07 bits per heavy atom. The van der Waals surface area contributed by atoms with Crippen molar-refractivity contribution in [3.8, 4) is 0 Å². The van der Waals surface area contributed by atoms with Gasteiger partial charge in [-0.25, -0.2) is 13.2 Å². The van der Waals surface area contributed by atoms with E-state index in [4.69, 9.17) is 0 Å². The maximum absolute atomic E-state index is 13.1. The third kappa shape index (κ3) is 5.47. The second kappa shape index (κ2) is 9.41. The summed E-state index contributed by atoms with van der Waals surface area (Å²) in [5.74, 6) is -0.953. The lowest BCUT2D eigenvalue weighted by atomic mass is 9.95. The SMILES string of the molecule is O=C(NC1CCN(CC(F)F)CC1)C1CCCN(C(=O)c2ccc(F)cc2)C1. The Bertz CT molecular complexity index is 676. The molecule has 0 saturated carbocycles. The number of hydrogen-bond acceptors (Lipinski definition) is 3. The van der Waals surface area contributed by atoms with E-state index in [2.05, 4.69) is 5.32 Å². The summed E-state index contributed by atoms with van der Waals surface area (Å²) in [7, 11) is 0. The molecule has 5 nitrogen and oxygen atoms in total. The molecular formula is C20H26F3N3O2. The molecule has 0 spiro atoms. The van der Waals surface area contributed by atoms with Gasteiger partial charge in [0, 0.05) is 37.8 Å². The van der Waals surface area contributed by atoms with Crippen LogP contribution in [-0.4, -0.2) is 66.8 Å². The van der Waals surface area contributed by atoms with E-state index in [1.165, 1.54) is 24.3 Å². The van der Waals surface area contributed by atoms with E-state index in [0.29, 0.717) is 51.0 Å². The zero-order valence-corrected chi connectivity index (χ0v) is 15.8. The minimum Gasteiger partial charge on any atom is -0.353 e. The van der Waals surface area contributed by atoms with E-state index in [1.807, 2.05) is 0 Å². The monoisotopic (exact) mass is 397 g/mol. The number of halogens is 3. The van der Waals surface area contributed by atoms with Crippen LogP contribution in [-0.2, 0) is 4.79 Å². The number of rotatable bonds is 5. The first-order chi connectivity index (χ1) is 13.4. The fourth-order valence-corrected chi connectivity index (χ4v) is 3.92. The highest BCUT2D eigenvalue weighted by molar-refractivity contribution is 5.94. The van der Waals surface area contributed by atoms with Crippen LogP contribution < -0.4 is 5.32 Å². The molecule has 2 amide bonds. The third-order valence-corrected chi connectivity index (χ3v) is 5.50. The largest absolute Gasteiger partial charge is 0.353 e. The predicted octanol–water partition coefficient (Wildman–Crippen LogP) is 2.52. The van der Waals surface area contributed by atoms with Crippen LogP contribution >= 0.6 is 0 Å². The normalized spacial score (nSPS) is 21.7. The van der Waals surface area contributed by atoms with Gasteiger partial charge < -0.3 is 10.2 Å². The molecule has 2 saturated heterocycles. The Hall–Kier alpha value is -2.09. The number of benzene rings is 1. The van der Waals surface area contributed by atoms with Crippen molar-refractivity contribution >= 4 is 11.8 Å². The van der Waals surface area contributed by atoms with Crippen LogP contribution in [0.4, 0.5) is 13.2 Å². The molecule has 1 aromatic rings. The molecule has 2 aliphatic rings. The van der Waals surface area contributed by atoms with E-state index in [-0.39, 0.29) is 30.3 Å². The molecule has 2 fully saturated rings. The van der Waals surface area contributed by atoms with Crippen LogP contribution in [0.5, 0.6) is 0 Å². The predicted molar refractivity (Wildman–Crippen MR) is 98.6 cm³/mol. The quantitative estimate of drug-likeness (QED) is 0.831. The summed E-state index contributed by atoms with van der Waals surface area (Å²) in [5.41, 5.74) is 0.411. The first kappa shape index (κ1) is 20.6. The first-order valence-electron chi connectivity index (χ1n) is 9.78. The van der Waals surface area contributed by atoms with Gasteiger partial charge in [-0.3, -0.25) is 14.5 Å². The Morgan fingerprint density at radius 3 is 2.39 bits per heavy atom. The topological polar surface area (TPSA) is 52.7 Å². The van der Waals surface area contributed by atoms with Crippen molar-refractivity contribution in [2.45, 2.75) is 38.2 Å². The van der Waals surface area contributed by atoms with Gasteiger partial charge in [-0.15, -0.1) is 0 Å². The van der Waals surface area contributed by atoms with Crippen molar-refractivity contribution in [3.63, 3.8) is 0 Å². The first-order valence-corrected chi connectivity index (χ1v) is 9.78. The van der Waals surface area contributed by atoms with Crippen molar-refractivity contribution < 1.29 is 22.8 Å². The number of nitrogens with one attached hydrogen (secondary N) is 1. The highest BCUT2D eigenvalue weighted by Gasteiger charge is 2.31. The minimum atomic E-state index is -2.34. The average Bonchev–Trinajstić information content (AvgIpc) is 2.69. The van der Waals surface area contributed by atoms with Crippen LogP contribution in [0.3, 0.4) is 0 Å². The fourth-order valence-electron chi connectivity index (χ4n) is 3.92. The molecule has 0 aliphatic carbocycles. The average molecular weight is 397 g/mol. The molecule has 28 heavy (non-hydrogen) atoms. The maximum atomic E-state index is 13.1. The van der Waals surface area contributed by atoms with Crippen molar-refractivity contribution in [1.29, 1.82) is 0 Å². The Kier molecular flexibility index (Phi) is 6.93. The van der Waals surface area contributed by atoms with E-state index < -0.39 is 12.2 Å². The number of amides is 2. The van der Waals surface area contributed by atoms with Gasteiger partial charge >= 0.3 is 0 Å². The highest BCUT2D eigenvalue weighted by atomic mass is 19.3. The lowest BCUT2D eigenvalue weighted by Crippen LogP contribution is -2.50. The molecule has 1 atom stereocenters. The van der Waals surface area contributed by atoms with Gasteiger partial charge in [0.1, 0.15) is 5.82 Å². The van der Waals surface area contributed by atoms with Crippen molar-refractivity contribution in [1.82, 2.24) is 15.1 Å². The molecule has 1 aromatic carbocycles. The van der Waals surface area contributed by atoms with Crippen LogP contribution in [0, 0.1) is 11.7 Å². The molecule has 1 unspecified atom stereocenters. The van der Waals surface area contributed by atoms with Crippen molar-refractivity contribution in [2.75, 3.05) is 32.7 Å². The maximum Gasteiger partial charge on any atom is 0.253 e. The zero-order chi connectivity index (χ0) is 20.1. The summed E-state index contributed by atoms with van der Waals surface area (Å²) >= 11 is 0. The minimum absolute atomic E-state index is 0.00963. The Labute approximate surface area is 162 Å². The van der Waals surface area contributed by atoms with Gasteiger partial charge in [0.15, 0.2) is 0 Å². The second-order valence-electron chi connectivity index (χ2n) is 7.57. The molecule has 0 bridgehead atoms. The zero-order valence-electron chi connectivity index (χ0n) is 15.8. The van der Waals surface area contributed by atoms with Crippen LogP contribution in [0.15, 0.2) is 24.3 Å². The third-order valence-electron chi connectivity index (χ3n) is 5.50. The standard InChI is InChI=1S/C20H26F3N3O2/c21-16-5-3-14(4-6-16)20(28)26-9-1-2-15(12-26)19(27)24-17-7-10-25(11-8-17)13-18(22)23/h3-6,15,17-18H,1-2,7-13H2,(H,24,27). The lowest BCUT2D eigenvalue weighted by molar-refractivity contribution is -0.127. The Morgan fingerprint density at radius 2 is 1.75 bits per heavy atom. The van der Waals surface area contributed by atoms with Crippen LogP contribution in [0.1, 0.15) is 36.0 Å². The molecule has 1 N–H and O–H groups in total. The molecule has 2 heterocycles. The summed E-state index contributed by atoms with van der Waals surface area (Å²) in [4.78, 5) is 28.6. The molecule has 154 valence electrons. The van der Waals surface area contributed by atoms with Gasteiger partial charge in [0.05, 0.1) is 12.5 Å². The molecule has 8 heteroatoms. The molecule has 0 aromatic heterocycles. The summed E-state index contributed by atoms with van der Waals surface area (Å²) in [5, 5.41) is 3.03. The van der Waals surface area contributed by atoms with E-state index >= 15 is 0 Å². The van der Waals surface area contributed by atoms with Gasteiger partial charge in [0.25, 0.3) is 12.3 Å². The molecule has 2 aliphatic heterocycles. The summed E-state index contributed by atoms with van der Waals surface area (Å²) < 4.78 is 38.0. The Balaban J connectivity index is 1.49. The highest BCUT2D eigenvalue weighted by Crippen LogP contribution is 2.20. The van der Waals surface area contributed by atoms with Gasteiger partial charge in [-0.1, -0.05) is 0 Å². The van der Waals surface area contributed by atoms with Crippen LogP contribution in [0.25, 0.3) is 0 Å². The summed E-state index contributed by atoms with van der Waals surface area (Å²) in [6, 6.07) is 5.40. The van der Waals surface area contributed by atoms with Gasteiger partial charge in [-0.05, 0) is 49.9 Å². The van der Waals surface area contributed by atoms with E-state index in [9.17, 15) is 22.8 Å². The fraction of sp³-hybridized carbons (Fsp3) is 0.600. The van der Waals surface area contributed by atoms with E-state index in [0.717, 1.165) is 6.42 Å². The summed E-state index contributed by atoms with van der Waals surface area (Å²) in [6.07, 6.45) is 0.423. The van der Waals surface area contributed by atoms with Crippen molar-refractivity contribution in [3.05, 3.63) is 35.6 Å². The number of piperidine rings is 2. The molecule has 3 rings (SSSR count). The van der Waals surface area contributed by atoms with Gasteiger partial charge in [-0.2, -0.15) is 0 Å². The number of nitrogens with zero attached hydrogens (tertiary/aromatic N) is 2. The van der Waals surface area contributed by atoms with Crippen molar-refractivity contribution in [2.24, 2.45) is 5.92 Å². The molecular weight excluding hydrogens is 371 g/mol. The number of carbonyl (C=O) groups is 2. The number of alkyl halides is 2. The second-order valence-corrected chi connectivity index (χ2v) is 7.57. The lowest BCUT2D eigenvalue weighted by Gasteiger charge is -2.35. The number of hydrogen-bond donors (Lipinski definition) is 1. The number of carbonyl (C=O) groups excluding carboxylic acids is 2. The summed E-state index contributed by atoms with van der Waals surface area (Å²) in [6.45, 7) is 1.80. The number of likely N-dealkylation sites (tertiary alicyclic amines) is 2. The molecule has 0 radical (unpaired) electrons. The van der Waals surface area contributed by atoms with E-state index in [1.54, 1.807) is 9.80 Å².